The van der Waals surface area contributed by atoms with Crippen molar-refractivity contribution in [1.29, 1.82) is 0 Å². The summed E-state index contributed by atoms with van der Waals surface area (Å²) >= 11 is 15.6. The fourth-order valence-corrected chi connectivity index (χ4v) is 2.69. The standard InChI is InChI=1S/C12H15BrCl2O/c1-16-7-6-12(8-14,9-15)10-2-4-11(13)5-3-10/h2-5H,6-9H2,1H3. The van der Waals surface area contributed by atoms with E-state index in [0.717, 1.165) is 16.5 Å². The average Bonchev–Trinajstić information content (AvgIpc) is 2.33. The van der Waals surface area contributed by atoms with E-state index in [1.165, 1.54) is 0 Å². The summed E-state index contributed by atoms with van der Waals surface area (Å²) in [7, 11) is 1.69. The van der Waals surface area contributed by atoms with Crippen LogP contribution in [0.5, 0.6) is 0 Å². The third kappa shape index (κ3) is 3.36. The topological polar surface area (TPSA) is 9.23 Å². The van der Waals surface area contributed by atoms with Gasteiger partial charge in [0.2, 0.25) is 0 Å². The number of ether oxygens (including phenoxy) is 1. The molecule has 0 aliphatic carbocycles. The van der Waals surface area contributed by atoms with Crippen LogP contribution in [0.3, 0.4) is 0 Å². The van der Waals surface area contributed by atoms with Crippen molar-refractivity contribution in [3.63, 3.8) is 0 Å². The van der Waals surface area contributed by atoms with Crippen LogP contribution in [0.4, 0.5) is 0 Å². The van der Waals surface area contributed by atoms with Crippen molar-refractivity contribution in [2.75, 3.05) is 25.5 Å². The van der Waals surface area contributed by atoms with Crippen LogP contribution in [-0.2, 0) is 10.2 Å². The van der Waals surface area contributed by atoms with Crippen LogP contribution in [0.2, 0.25) is 0 Å². The molecule has 16 heavy (non-hydrogen) atoms. The molecular formula is C12H15BrCl2O. The average molecular weight is 326 g/mol. The smallest absolute Gasteiger partial charge is 0.0471 e. The maximum absolute atomic E-state index is 6.08. The Morgan fingerprint density at radius 2 is 1.75 bits per heavy atom. The van der Waals surface area contributed by atoms with E-state index in [9.17, 15) is 0 Å². The van der Waals surface area contributed by atoms with Crippen LogP contribution in [0.25, 0.3) is 0 Å². The second kappa shape index (κ2) is 6.85. The molecule has 0 unspecified atom stereocenters. The van der Waals surface area contributed by atoms with Crippen LogP contribution < -0.4 is 0 Å². The number of hydrogen-bond donors (Lipinski definition) is 0. The second-order valence-electron chi connectivity index (χ2n) is 3.80. The lowest BCUT2D eigenvalue weighted by Gasteiger charge is -2.30. The molecule has 1 aromatic rings. The monoisotopic (exact) mass is 324 g/mol. The molecule has 0 fully saturated rings. The van der Waals surface area contributed by atoms with Crippen molar-refractivity contribution < 1.29 is 4.74 Å². The van der Waals surface area contributed by atoms with Crippen molar-refractivity contribution >= 4 is 39.1 Å². The van der Waals surface area contributed by atoms with Crippen molar-refractivity contribution in [3.05, 3.63) is 34.3 Å². The Bertz CT molecular complexity index is 309. The maximum atomic E-state index is 6.08. The highest BCUT2D eigenvalue weighted by atomic mass is 79.9. The normalized spacial score (nSPS) is 11.8. The fraction of sp³-hybridized carbons (Fsp3) is 0.500. The summed E-state index contributed by atoms with van der Waals surface area (Å²) in [6.45, 7) is 0.662. The number of halogens is 3. The van der Waals surface area contributed by atoms with Gasteiger partial charge < -0.3 is 4.74 Å². The summed E-state index contributed by atoms with van der Waals surface area (Å²) in [5.74, 6) is 1.00. The third-order valence-electron chi connectivity index (χ3n) is 2.75. The first kappa shape index (κ1) is 14.3. The summed E-state index contributed by atoms with van der Waals surface area (Å²) in [5.41, 5.74) is 0.970. The minimum absolute atomic E-state index is 0.195. The molecule has 0 atom stereocenters. The molecule has 90 valence electrons. The van der Waals surface area contributed by atoms with Crippen LogP contribution in [-0.4, -0.2) is 25.5 Å². The van der Waals surface area contributed by atoms with Gasteiger partial charge in [-0.25, -0.2) is 0 Å². The van der Waals surface area contributed by atoms with E-state index in [4.69, 9.17) is 27.9 Å². The van der Waals surface area contributed by atoms with Crippen molar-refractivity contribution in [2.45, 2.75) is 11.8 Å². The van der Waals surface area contributed by atoms with E-state index in [1.807, 2.05) is 12.1 Å². The lowest BCUT2D eigenvalue weighted by molar-refractivity contribution is 0.176. The highest BCUT2D eigenvalue weighted by molar-refractivity contribution is 9.10. The van der Waals surface area contributed by atoms with Crippen molar-refractivity contribution in [2.24, 2.45) is 0 Å². The summed E-state index contributed by atoms with van der Waals surface area (Å²) in [4.78, 5) is 0. The highest BCUT2D eigenvalue weighted by Crippen LogP contribution is 2.32. The van der Waals surface area contributed by atoms with Gasteiger partial charge in [0.1, 0.15) is 0 Å². The highest BCUT2D eigenvalue weighted by Gasteiger charge is 2.30. The molecule has 0 heterocycles. The predicted molar refractivity (Wildman–Crippen MR) is 73.8 cm³/mol. The predicted octanol–water partition coefficient (Wildman–Crippen LogP) is 4.20. The van der Waals surface area contributed by atoms with Gasteiger partial charge in [-0.1, -0.05) is 28.1 Å². The van der Waals surface area contributed by atoms with E-state index in [-0.39, 0.29) is 5.41 Å². The number of rotatable bonds is 6. The molecule has 0 N–H and O–H groups in total. The molecule has 0 saturated carbocycles. The van der Waals surface area contributed by atoms with E-state index < -0.39 is 0 Å². The Balaban J connectivity index is 2.95. The Hall–Kier alpha value is 0.240. The Labute approximate surface area is 115 Å². The van der Waals surface area contributed by atoms with Gasteiger partial charge in [0.15, 0.2) is 0 Å². The SMILES string of the molecule is COCCC(CCl)(CCl)c1ccc(Br)cc1. The second-order valence-corrected chi connectivity index (χ2v) is 5.25. The molecule has 0 aromatic heterocycles. The molecule has 0 aliphatic heterocycles. The van der Waals surface area contributed by atoms with E-state index in [1.54, 1.807) is 7.11 Å². The van der Waals surface area contributed by atoms with Crippen LogP contribution in [0.1, 0.15) is 12.0 Å². The minimum Gasteiger partial charge on any atom is -0.385 e. The first-order valence-corrected chi connectivity index (χ1v) is 6.91. The lowest BCUT2D eigenvalue weighted by atomic mass is 9.81. The molecule has 0 aliphatic rings. The van der Waals surface area contributed by atoms with Crippen LogP contribution >= 0.6 is 39.1 Å². The Morgan fingerprint density at radius 1 is 1.19 bits per heavy atom. The molecular weight excluding hydrogens is 311 g/mol. The van der Waals surface area contributed by atoms with Gasteiger partial charge >= 0.3 is 0 Å². The number of methoxy groups -OCH3 is 1. The maximum Gasteiger partial charge on any atom is 0.0471 e. The Kier molecular flexibility index (Phi) is 6.12. The summed E-state index contributed by atoms with van der Waals surface area (Å²) in [6.07, 6.45) is 0.831. The van der Waals surface area contributed by atoms with Crippen LogP contribution in [0, 0.1) is 0 Å². The van der Waals surface area contributed by atoms with Crippen LogP contribution in [0.15, 0.2) is 28.7 Å². The lowest BCUT2D eigenvalue weighted by Crippen LogP contribution is -2.32. The first-order chi connectivity index (χ1) is 7.68. The van der Waals surface area contributed by atoms with Gasteiger partial charge in [0.05, 0.1) is 0 Å². The summed E-state index contributed by atoms with van der Waals surface area (Å²) in [6, 6.07) is 8.14. The largest absolute Gasteiger partial charge is 0.385 e. The third-order valence-corrected chi connectivity index (χ3v) is 4.30. The summed E-state index contributed by atoms with van der Waals surface area (Å²) < 4.78 is 6.18. The fourth-order valence-electron chi connectivity index (χ4n) is 1.57. The molecule has 1 aromatic carbocycles. The zero-order valence-corrected chi connectivity index (χ0v) is 12.3. The van der Waals surface area contributed by atoms with Gasteiger partial charge in [-0.15, -0.1) is 23.2 Å². The number of benzene rings is 1. The number of hydrogen-bond acceptors (Lipinski definition) is 1. The molecule has 0 radical (unpaired) electrons. The van der Waals surface area contributed by atoms with Gasteiger partial charge in [0, 0.05) is 35.4 Å². The van der Waals surface area contributed by atoms with Gasteiger partial charge in [-0.2, -0.15) is 0 Å². The van der Waals surface area contributed by atoms with E-state index in [2.05, 4.69) is 28.1 Å². The molecule has 0 spiro atoms. The zero-order valence-electron chi connectivity index (χ0n) is 9.18. The zero-order chi connectivity index (χ0) is 12.0. The van der Waals surface area contributed by atoms with E-state index >= 15 is 0 Å². The molecule has 0 bridgehead atoms. The van der Waals surface area contributed by atoms with Gasteiger partial charge in [-0.3, -0.25) is 0 Å². The molecule has 4 heteroatoms. The Morgan fingerprint density at radius 3 is 2.19 bits per heavy atom. The molecule has 1 rings (SSSR count). The first-order valence-electron chi connectivity index (χ1n) is 5.05. The molecule has 0 saturated heterocycles. The molecule has 1 nitrogen and oxygen atoms in total. The summed E-state index contributed by atoms with van der Waals surface area (Å²) in [5, 5.41) is 0. The van der Waals surface area contributed by atoms with Crippen molar-refractivity contribution in [3.8, 4) is 0 Å². The molecule has 0 amide bonds. The quantitative estimate of drug-likeness (QED) is 0.712. The number of alkyl halides is 2. The van der Waals surface area contributed by atoms with E-state index in [0.29, 0.717) is 18.4 Å². The van der Waals surface area contributed by atoms with Gasteiger partial charge in [-0.05, 0) is 24.1 Å². The van der Waals surface area contributed by atoms with Crippen molar-refractivity contribution in [1.82, 2.24) is 0 Å². The minimum atomic E-state index is -0.195. The van der Waals surface area contributed by atoms with Gasteiger partial charge in [0.25, 0.3) is 0 Å².